The molecule has 0 radical (unpaired) electrons. The van der Waals surface area contributed by atoms with Crippen LogP contribution in [0.5, 0.6) is 0 Å². The molecular weight excluding hydrogens is 419 g/mol. The van der Waals surface area contributed by atoms with Crippen LogP contribution in [0.3, 0.4) is 0 Å². The maximum atomic E-state index is 13.8. The zero-order valence-corrected chi connectivity index (χ0v) is 18.4. The molecular formula is C23H30F3N5O. The zero-order valence-electron chi connectivity index (χ0n) is 18.4. The topological polar surface area (TPSA) is 71.8 Å². The number of fused-ring (bicyclic) bond motifs is 1. The number of aromatic nitrogens is 3. The van der Waals surface area contributed by atoms with Crippen LogP contribution in [0.15, 0.2) is 30.7 Å². The van der Waals surface area contributed by atoms with Crippen molar-refractivity contribution in [2.24, 2.45) is 11.8 Å². The summed E-state index contributed by atoms with van der Waals surface area (Å²) in [5.41, 5.74) is 0.775. The standard InChI is InChI=1S/C23H30F3N5O/c1-14-5-3-6-16(9-14)10-15(2)29-22(32)18-13-28-31-20(23(24,25)26)11-19(30-21(18)31)17-7-4-8-27-12-17/h4,7-8,12-16,19-20,30H,3,5-6,9-11H2,1-2H3,(H,29,32). The van der Waals surface area contributed by atoms with Crippen LogP contribution in [-0.2, 0) is 0 Å². The number of pyridine rings is 1. The van der Waals surface area contributed by atoms with E-state index in [1.165, 1.54) is 19.0 Å². The molecule has 1 aliphatic carbocycles. The van der Waals surface area contributed by atoms with Gasteiger partial charge in [-0.3, -0.25) is 9.78 Å². The molecule has 1 fully saturated rings. The normalized spacial score (nSPS) is 26.7. The Morgan fingerprint density at radius 2 is 2.12 bits per heavy atom. The highest BCUT2D eigenvalue weighted by Crippen LogP contribution is 2.44. The second-order valence-corrected chi connectivity index (χ2v) is 9.38. The summed E-state index contributed by atoms with van der Waals surface area (Å²) in [5, 5.41) is 10.0. The van der Waals surface area contributed by atoms with Gasteiger partial charge in [0.1, 0.15) is 11.4 Å². The summed E-state index contributed by atoms with van der Waals surface area (Å²) in [6, 6.07) is 0.924. The van der Waals surface area contributed by atoms with E-state index in [9.17, 15) is 18.0 Å². The summed E-state index contributed by atoms with van der Waals surface area (Å²) in [4.78, 5) is 17.0. The van der Waals surface area contributed by atoms with Crippen LogP contribution in [-0.4, -0.2) is 32.9 Å². The number of anilines is 1. The monoisotopic (exact) mass is 449 g/mol. The van der Waals surface area contributed by atoms with E-state index >= 15 is 0 Å². The molecule has 0 saturated heterocycles. The largest absolute Gasteiger partial charge is 0.410 e. The van der Waals surface area contributed by atoms with Crippen molar-refractivity contribution < 1.29 is 18.0 Å². The zero-order chi connectivity index (χ0) is 22.9. The van der Waals surface area contributed by atoms with Crippen molar-refractivity contribution >= 4 is 11.7 Å². The van der Waals surface area contributed by atoms with Crippen molar-refractivity contribution in [1.29, 1.82) is 0 Å². The van der Waals surface area contributed by atoms with E-state index in [1.807, 2.05) is 6.92 Å². The second kappa shape index (κ2) is 9.11. The number of halogens is 3. The van der Waals surface area contributed by atoms with Gasteiger partial charge < -0.3 is 10.6 Å². The molecule has 2 aromatic heterocycles. The third-order valence-corrected chi connectivity index (χ3v) is 6.68. The van der Waals surface area contributed by atoms with Gasteiger partial charge in [0.15, 0.2) is 6.04 Å². The lowest BCUT2D eigenvalue weighted by Crippen LogP contribution is -2.38. The summed E-state index contributed by atoms with van der Waals surface area (Å²) < 4.78 is 42.3. The van der Waals surface area contributed by atoms with E-state index in [4.69, 9.17) is 0 Å². The van der Waals surface area contributed by atoms with Gasteiger partial charge in [-0.05, 0) is 43.2 Å². The van der Waals surface area contributed by atoms with Gasteiger partial charge in [0.2, 0.25) is 0 Å². The van der Waals surface area contributed by atoms with Gasteiger partial charge >= 0.3 is 6.18 Å². The average molecular weight is 450 g/mol. The minimum atomic E-state index is -4.48. The van der Waals surface area contributed by atoms with Gasteiger partial charge in [-0.2, -0.15) is 18.3 Å². The number of alkyl halides is 3. The maximum Gasteiger partial charge on any atom is 0.410 e. The summed E-state index contributed by atoms with van der Waals surface area (Å²) in [5.74, 6) is 0.969. The summed E-state index contributed by atoms with van der Waals surface area (Å²) in [6.45, 7) is 4.22. The fourth-order valence-electron chi connectivity index (χ4n) is 5.16. The van der Waals surface area contributed by atoms with Crippen molar-refractivity contribution in [2.75, 3.05) is 5.32 Å². The van der Waals surface area contributed by atoms with Crippen molar-refractivity contribution in [1.82, 2.24) is 20.1 Å². The van der Waals surface area contributed by atoms with Crippen molar-refractivity contribution in [3.8, 4) is 0 Å². The molecule has 2 aliphatic rings. The lowest BCUT2D eigenvalue weighted by atomic mass is 9.79. The smallest absolute Gasteiger partial charge is 0.363 e. The van der Waals surface area contributed by atoms with Crippen LogP contribution < -0.4 is 10.6 Å². The first-order chi connectivity index (χ1) is 15.2. The van der Waals surface area contributed by atoms with Crippen LogP contribution in [0, 0.1) is 11.8 Å². The van der Waals surface area contributed by atoms with Gasteiger partial charge in [-0.25, -0.2) is 4.68 Å². The van der Waals surface area contributed by atoms with Crippen LogP contribution in [0.4, 0.5) is 19.0 Å². The number of carbonyl (C=O) groups excluding carboxylic acids is 1. The molecule has 2 N–H and O–H groups in total. The fraction of sp³-hybridized carbons (Fsp3) is 0.609. The van der Waals surface area contributed by atoms with Crippen molar-refractivity contribution in [3.05, 3.63) is 41.9 Å². The molecule has 174 valence electrons. The average Bonchev–Trinajstić information content (AvgIpc) is 3.17. The highest BCUT2D eigenvalue weighted by atomic mass is 19.4. The van der Waals surface area contributed by atoms with Crippen LogP contribution in [0.1, 0.15) is 80.4 Å². The lowest BCUT2D eigenvalue weighted by molar-refractivity contribution is -0.173. The molecule has 0 aromatic carbocycles. The van der Waals surface area contributed by atoms with Crippen LogP contribution >= 0.6 is 0 Å². The molecule has 3 heterocycles. The SMILES string of the molecule is CC1CCCC(CC(C)NC(=O)c2cnn3c2NC(c2cccnc2)CC3C(F)(F)F)C1. The molecule has 1 aliphatic heterocycles. The Morgan fingerprint density at radius 1 is 1.31 bits per heavy atom. The van der Waals surface area contributed by atoms with E-state index in [0.29, 0.717) is 17.4 Å². The molecule has 0 bridgehead atoms. The number of amides is 1. The highest BCUT2D eigenvalue weighted by Gasteiger charge is 2.47. The summed E-state index contributed by atoms with van der Waals surface area (Å²) in [7, 11) is 0. The Morgan fingerprint density at radius 3 is 2.81 bits per heavy atom. The number of rotatable bonds is 5. The van der Waals surface area contributed by atoms with Gasteiger partial charge in [0.25, 0.3) is 5.91 Å². The summed E-state index contributed by atoms with van der Waals surface area (Å²) >= 11 is 0. The number of nitrogens with zero attached hydrogens (tertiary/aromatic N) is 3. The minimum Gasteiger partial charge on any atom is -0.363 e. The van der Waals surface area contributed by atoms with Crippen LogP contribution in [0.2, 0.25) is 0 Å². The Labute approximate surface area is 186 Å². The Balaban J connectivity index is 1.52. The van der Waals surface area contributed by atoms with E-state index in [0.717, 1.165) is 23.9 Å². The number of nitrogens with one attached hydrogen (secondary N) is 2. The molecule has 5 atom stereocenters. The summed E-state index contributed by atoms with van der Waals surface area (Å²) in [6.07, 6.45) is 5.30. The van der Waals surface area contributed by atoms with E-state index in [1.54, 1.807) is 24.5 Å². The predicted molar refractivity (Wildman–Crippen MR) is 115 cm³/mol. The van der Waals surface area contributed by atoms with Crippen molar-refractivity contribution in [2.45, 2.75) is 76.7 Å². The number of carbonyl (C=O) groups is 1. The molecule has 5 unspecified atom stereocenters. The Kier molecular flexibility index (Phi) is 6.44. The van der Waals surface area contributed by atoms with Crippen molar-refractivity contribution in [3.63, 3.8) is 0 Å². The fourth-order valence-corrected chi connectivity index (χ4v) is 5.16. The third kappa shape index (κ3) is 4.91. The molecule has 1 saturated carbocycles. The van der Waals surface area contributed by atoms with E-state index in [-0.39, 0.29) is 23.8 Å². The second-order valence-electron chi connectivity index (χ2n) is 9.38. The van der Waals surface area contributed by atoms with E-state index < -0.39 is 24.2 Å². The van der Waals surface area contributed by atoms with Crippen LogP contribution in [0.25, 0.3) is 0 Å². The minimum absolute atomic E-state index is 0.0653. The predicted octanol–water partition coefficient (Wildman–Crippen LogP) is 5.27. The quantitative estimate of drug-likeness (QED) is 0.652. The molecule has 0 spiro atoms. The van der Waals surface area contributed by atoms with Gasteiger partial charge in [0, 0.05) is 24.9 Å². The molecule has 9 heteroatoms. The van der Waals surface area contributed by atoms with Gasteiger partial charge in [-0.1, -0.05) is 32.3 Å². The maximum absolute atomic E-state index is 13.8. The van der Waals surface area contributed by atoms with Gasteiger partial charge in [-0.15, -0.1) is 0 Å². The third-order valence-electron chi connectivity index (χ3n) is 6.68. The first kappa shape index (κ1) is 22.6. The Bertz CT molecular complexity index is 929. The number of hydrogen-bond acceptors (Lipinski definition) is 4. The lowest BCUT2D eigenvalue weighted by Gasteiger charge is -2.34. The van der Waals surface area contributed by atoms with Gasteiger partial charge in [0.05, 0.1) is 12.2 Å². The first-order valence-corrected chi connectivity index (χ1v) is 11.3. The number of hydrogen-bond donors (Lipinski definition) is 2. The Hall–Kier alpha value is -2.58. The molecule has 32 heavy (non-hydrogen) atoms. The molecule has 6 nitrogen and oxygen atoms in total. The molecule has 4 rings (SSSR count). The molecule has 2 aromatic rings. The van der Waals surface area contributed by atoms with E-state index in [2.05, 4.69) is 27.6 Å². The first-order valence-electron chi connectivity index (χ1n) is 11.3. The highest BCUT2D eigenvalue weighted by molar-refractivity contribution is 5.99. The molecule has 1 amide bonds.